The molecule has 1 fully saturated rings. The van der Waals surface area contributed by atoms with Crippen molar-refractivity contribution in [3.05, 3.63) is 34.2 Å². The van der Waals surface area contributed by atoms with Gasteiger partial charge in [-0.25, -0.2) is 4.79 Å². The Balaban J connectivity index is 1.58. The number of aryl methyl sites for hydroxylation is 2. The Morgan fingerprint density at radius 3 is 2.59 bits per heavy atom. The van der Waals surface area contributed by atoms with Crippen LogP contribution in [0.25, 0.3) is 10.1 Å². The highest BCUT2D eigenvalue weighted by atomic mass is 32.1. The number of fused-ring (bicyclic) bond motifs is 3. The van der Waals surface area contributed by atoms with E-state index in [2.05, 4.69) is 5.16 Å². The zero-order valence-electron chi connectivity index (χ0n) is 18.4. The van der Waals surface area contributed by atoms with Gasteiger partial charge in [-0.2, -0.15) is 0 Å². The Labute approximate surface area is 190 Å². The number of hydrogen-bond acceptors (Lipinski definition) is 6. The van der Waals surface area contributed by atoms with Gasteiger partial charge in [-0.05, 0) is 56.5 Å². The van der Waals surface area contributed by atoms with Gasteiger partial charge in [0.25, 0.3) is 5.91 Å². The first-order chi connectivity index (χ1) is 15.1. The quantitative estimate of drug-likeness (QED) is 0.297. The Hall–Kier alpha value is -2.94. The fourth-order valence-electron chi connectivity index (χ4n) is 4.49. The van der Waals surface area contributed by atoms with Crippen LogP contribution in [0.1, 0.15) is 49.1 Å². The first kappa shape index (κ1) is 22.3. The van der Waals surface area contributed by atoms with Gasteiger partial charge in [0.2, 0.25) is 0 Å². The highest BCUT2D eigenvalue weighted by Gasteiger charge is 2.50. The minimum Gasteiger partial charge on any atom is -0.481 e. The SMILES string of the molecule is CN1C(=O)N(C[C@H](CC(=NO)c2ccc3c4c(sc3c2)CCCC4)C(=O)O)C(=O)C1(C)C. The number of imide groups is 1. The molecule has 0 radical (unpaired) electrons. The van der Waals surface area contributed by atoms with Gasteiger partial charge < -0.3 is 15.2 Å². The molecule has 1 saturated heterocycles. The molecule has 0 saturated carbocycles. The number of benzene rings is 1. The number of carboxylic acids is 1. The molecule has 1 aromatic carbocycles. The summed E-state index contributed by atoms with van der Waals surface area (Å²) in [6, 6.07) is 5.27. The third kappa shape index (κ3) is 3.64. The van der Waals surface area contributed by atoms with Gasteiger partial charge in [0.15, 0.2) is 0 Å². The zero-order chi connectivity index (χ0) is 23.2. The van der Waals surface area contributed by atoms with Crippen LogP contribution in [0.15, 0.2) is 23.4 Å². The number of rotatable bonds is 6. The fraction of sp³-hybridized carbons (Fsp3) is 0.478. The van der Waals surface area contributed by atoms with Crippen molar-refractivity contribution in [1.82, 2.24) is 9.80 Å². The van der Waals surface area contributed by atoms with E-state index in [4.69, 9.17) is 0 Å². The van der Waals surface area contributed by atoms with Gasteiger partial charge in [-0.15, -0.1) is 11.3 Å². The molecule has 9 heteroatoms. The number of thiophene rings is 1. The Kier molecular flexibility index (Phi) is 5.70. The Morgan fingerprint density at radius 1 is 1.25 bits per heavy atom. The number of carbonyl (C=O) groups excluding carboxylic acids is 2. The van der Waals surface area contributed by atoms with Crippen molar-refractivity contribution in [3.8, 4) is 0 Å². The number of nitrogens with zero attached hydrogens (tertiary/aromatic N) is 3. The largest absolute Gasteiger partial charge is 0.481 e. The van der Waals surface area contributed by atoms with E-state index in [1.807, 2.05) is 18.2 Å². The van der Waals surface area contributed by atoms with Crippen molar-refractivity contribution >= 4 is 45.0 Å². The van der Waals surface area contributed by atoms with Crippen LogP contribution in [0, 0.1) is 5.92 Å². The molecule has 170 valence electrons. The third-order valence-electron chi connectivity index (χ3n) is 6.73. The van der Waals surface area contributed by atoms with Crippen molar-refractivity contribution in [2.24, 2.45) is 11.1 Å². The Bertz CT molecular complexity index is 1140. The minimum absolute atomic E-state index is 0.108. The molecule has 2 heterocycles. The number of urea groups is 1. The summed E-state index contributed by atoms with van der Waals surface area (Å²) in [4.78, 5) is 40.8. The highest BCUT2D eigenvalue weighted by Crippen LogP contribution is 2.37. The summed E-state index contributed by atoms with van der Waals surface area (Å²) in [5.74, 6) is -2.69. The molecule has 2 N–H and O–H groups in total. The molecular formula is C23H27N3O5S. The Morgan fingerprint density at radius 2 is 1.97 bits per heavy atom. The summed E-state index contributed by atoms with van der Waals surface area (Å²) in [6.07, 6.45) is 4.41. The molecule has 2 aromatic rings. The average molecular weight is 458 g/mol. The average Bonchev–Trinajstić information content (AvgIpc) is 3.21. The van der Waals surface area contributed by atoms with Crippen LogP contribution in [0.4, 0.5) is 4.79 Å². The second-order valence-electron chi connectivity index (χ2n) is 9.02. The standard InChI is InChI=1S/C23H27N3O5S/c1-23(2)21(29)26(22(30)25(23)3)12-14(20(27)28)10-17(24-31)13-8-9-16-15-6-4-5-7-18(15)32-19(16)11-13/h8-9,11,14,31H,4-7,10,12H2,1-3H3,(H,27,28)/t14-/m0/s1. The van der Waals surface area contributed by atoms with Crippen molar-refractivity contribution < 1.29 is 24.7 Å². The van der Waals surface area contributed by atoms with Crippen molar-refractivity contribution in [2.45, 2.75) is 51.5 Å². The van der Waals surface area contributed by atoms with Gasteiger partial charge in [0.1, 0.15) is 5.54 Å². The molecule has 1 aliphatic heterocycles. The molecule has 0 unspecified atom stereocenters. The summed E-state index contributed by atoms with van der Waals surface area (Å²) >= 11 is 1.74. The van der Waals surface area contributed by atoms with Crippen LogP contribution < -0.4 is 0 Å². The van der Waals surface area contributed by atoms with Crippen LogP contribution in [0.3, 0.4) is 0 Å². The van der Waals surface area contributed by atoms with E-state index in [0.717, 1.165) is 22.4 Å². The topological polar surface area (TPSA) is 111 Å². The lowest BCUT2D eigenvalue weighted by molar-refractivity contribution is -0.142. The number of hydrogen-bond donors (Lipinski definition) is 2. The van der Waals surface area contributed by atoms with Crippen molar-refractivity contribution in [1.29, 1.82) is 0 Å². The van der Waals surface area contributed by atoms with Crippen LogP contribution in [-0.2, 0) is 22.4 Å². The molecule has 8 nitrogen and oxygen atoms in total. The third-order valence-corrected chi connectivity index (χ3v) is 7.98. The number of carbonyl (C=O) groups is 3. The monoisotopic (exact) mass is 457 g/mol. The number of oxime groups is 1. The first-order valence-corrected chi connectivity index (χ1v) is 11.5. The molecule has 0 spiro atoms. The maximum Gasteiger partial charge on any atom is 0.327 e. The smallest absolute Gasteiger partial charge is 0.327 e. The van der Waals surface area contributed by atoms with E-state index in [0.29, 0.717) is 5.56 Å². The van der Waals surface area contributed by atoms with Crippen LogP contribution >= 0.6 is 11.3 Å². The minimum atomic E-state index is -1.16. The summed E-state index contributed by atoms with van der Waals surface area (Å²) < 4.78 is 1.09. The highest BCUT2D eigenvalue weighted by molar-refractivity contribution is 7.19. The molecule has 3 amide bonds. The molecule has 1 atom stereocenters. The summed E-state index contributed by atoms with van der Waals surface area (Å²) in [6.45, 7) is 2.97. The van der Waals surface area contributed by atoms with E-state index < -0.39 is 29.4 Å². The molecule has 2 aliphatic rings. The maximum absolute atomic E-state index is 12.7. The molecule has 32 heavy (non-hydrogen) atoms. The predicted molar refractivity (Wildman–Crippen MR) is 121 cm³/mol. The van der Waals surface area contributed by atoms with Gasteiger partial charge in [0.05, 0.1) is 11.6 Å². The molecule has 1 aliphatic carbocycles. The normalized spacial score (nSPS) is 19.5. The van der Waals surface area contributed by atoms with Crippen molar-refractivity contribution in [2.75, 3.05) is 13.6 Å². The number of aliphatic carboxylic acids is 1. The zero-order valence-corrected chi connectivity index (χ0v) is 19.2. The summed E-state index contributed by atoms with van der Waals surface area (Å²) in [5, 5.41) is 24.0. The van der Waals surface area contributed by atoms with Crippen molar-refractivity contribution in [3.63, 3.8) is 0 Å². The maximum atomic E-state index is 12.7. The summed E-state index contributed by atoms with van der Waals surface area (Å²) in [7, 11) is 1.52. The molecular weight excluding hydrogens is 430 g/mol. The molecule has 4 rings (SSSR count). The first-order valence-electron chi connectivity index (χ1n) is 10.7. The van der Waals surface area contributed by atoms with Crippen LogP contribution in [0.5, 0.6) is 0 Å². The van der Waals surface area contributed by atoms with Gasteiger partial charge in [0, 0.05) is 35.2 Å². The second kappa shape index (κ2) is 8.20. The number of amides is 3. The summed E-state index contributed by atoms with van der Waals surface area (Å²) in [5.41, 5.74) is 1.22. The van der Waals surface area contributed by atoms with E-state index in [-0.39, 0.29) is 18.7 Å². The number of carboxylic acid groups (broad SMARTS) is 1. The van der Waals surface area contributed by atoms with E-state index in [1.165, 1.54) is 40.6 Å². The van der Waals surface area contributed by atoms with E-state index in [1.54, 1.807) is 25.2 Å². The lowest BCUT2D eigenvalue weighted by Crippen LogP contribution is -2.42. The fourth-order valence-corrected chi connectivity index (χ4v) is 5.82. The van der Waals surface area contributed by atoms with E-state index in [9.17, 15) is 24.7 Å². The number of likely N-dealkylation sites (N-methyl/N-ethyl adjacent to an activating group) is 1. The van der Waals surface area contributed by atoms with Gasteiger partial charge in [-0.3, -0.25) is 14.5 Å². The molecule has 0 bridgehead atoms. The van der Waals surface area contributed by atoms with Crippen LogP contribution in [0.2, 0.25) is 0 Å². The lowest BCUT2D eigenvalue weighted by Gasteiger charge is -2.22. The second-order valence-corrected chi connectivity index (χ2v) is 10.2. The van der Waals surface area contributed by atoms with Crippen LogP contribution in [-0.4, -0.2) is 62.9 Å². The van der Waals surface area contributed by atoms with Gasteiger partial charge in [-0.1, -0.05) is 17.3 Å². The van der Waals surface area contributed by atoms with Gasteiger partial charge >= 0.3 is 12.0 Å². The van der Waals surface area contributed by atoms with E-state index >= 15 is 0 Å². The predicted octanol–water partition coefficient (Wildman–Crippen LogP) is 3.72. The lowest BCUT2D eigenvalue weighted by atomic mass is 9.94. The molecule has 1 aromatic heterocycles.